The minimum atomic E-state index is 0.281. The molecule has 3 rings (SSSR count). The summed E-state index contributed by atoms with van der Waals surface area (Å²) in [6, 6.07) is 8.58. The molecule has 0 radical (unpaired) electrons. The number of aryl methyl sites for hydroxylation is 1. The molecule has 1 aromatic carbocycles. The zero-order valence-corrected chi connectivity index (χ0v) is 17.9. The van der Waals surface area contributed by atoms with Crippen LogP contribution in [-0.4, -0.2) is 7.11 Å². The molecule has 1 atom stereocenters. The van der Waals surface area contributed by atoms with Gasteiger partial charge in [0.1, 0.15) is 5.76 Å². The van der Waals surface area contributed by atoms with Crippen LogP contribution in [0.3, 0.4) is 0 Å². The molecule has 0 saturated heterocycles. The molecule has 0 amide bonds. The smallest absolute Gasteiger partial charge is 0.115 e. The van der Waals surface area contributed by atoms with E-state index in [-0.39, 0.29) is 5.92 Å². The lowest BCUT2D eigenvalue weighted by atomic mass is 10.0. The molecule has 1 aromatic heterocycles. The second kappa shape index (κ2) is 9.57. The molecule has 1 aliphatic carbocycles. The standard InChI is InChI=1S/C26H28OS/c1-5-8-25-20(3)28-18-23(25)12-11-19(2)17-24(27-4)16-15-22-14-13-21-9-6-7-10-26(21)22/h5-12,14-19H,13H2,1-4H3/b8-5-,12-11+,16-15+,24-17-. The summed E-state index contributed by atoms with van der Waals surface area (Å²) < 4.78 is 5.59. The van der Waals surface area contributed by atoms with Crippen LogP contribution >= 0.6 is 11.3 Å². The number of hydrogen-bond acceptors (Lipinski definition) is 2. The monoisotopic (exact) mass is 388 g/mol. The molecular weight excluding hydrogens is 360 g/mol. The molecule has 1 nitrogen and oxygen atoms in total. The van der Waals surface area contributed by atoms with Gasteiger partial charge in [-0.2, -0.15) is 0 Å². The topological polar surface area (TPSA) is 9.23 Å². The fraction of sp³-hybridized carbons (Fsp3) is 0.231. The normalized spacial score (nSPS) is 15.6. The Labute approximate surface area is 173 Å². The third-order valence-electron chi connectivity index (χ3n) is 4.93. The molecule has 28 heavy (non-hydrogen) atoms. The molecule has 0 spiro atoms. The number of allylic oxidation sites excluding steroid dienone is 7. The molecule has 1 aliphatic rings. The number of methoxy groups -OCH3 is 1. The van der Waals surface area contributed by atoms with E-state index in [1.807, 2.05) is 0 Å². The number of thiophene rings is 1. The quantitative estimate of drug-likeness (QED) is 0.353. The average molecular weight is 389 g/mol. The molecule has 144 valence electrons. The lowest BCUT2D eigenvalue weighted by Crippen LogP contribution is -1.90. The summed E-state index contributed by atoms with van der Waals surface area (Å²) >= 11 is 1.80. The Kier molecular flexibility index (Phi) is 6.89. The molecular formula is C26H28OS. The van der Waals surface area contributed by atoms with Gasteiger partial charge in [0.2, 0.25) is 0 Å². The Hall–Kier alpha value is -2.58. The first kappa shape index (κ1) is 20.2. The first-order chi connectivity index (χ1) is 13.6. The highest BCUT2D eigenvalue weighted by molar-refractivity contribution is 7.10. The maximum absolute atomic E-state index is 5.59. The first-order valence-electron chi connectivity index (χ1n) is 9.73. The van der Waals surface area contributed by atoms with Crippen LogP contribution in [0.4, 0.5) is 0 Å². The van der Waals surface area contributed by atoms with Gasteiger partial charge in [0, 0.05) is 4.88 Å². The number of hydrogen-bond donors (Lipinski definition) is 0. The summed E-state index contributed by atoms with van der Waals surface area (Å²) in [6.07, 6.45) is 18.4. The molecule has 0 saturated carbocycles. The van der Waals surface area contributed by atoms with E-state index in [9.17, 15) is 0 Å². The van der Waals surface area contributed by atoms with Crippen molar-refractivity contribution in [3.05, 3.63) is 99.0 Å². The van der Waals surface area contributed by atoms with Gasteiger partial charge < -0.3 is 4.74 Å². The average Bonchev–Trinajstić information content (AvgIpc) is 3.28. The van der Waals surface area contributed by atoms with E-state index in [1.165, 1.54) is 32.7 Å². The van der Waals surface area contributed by atoms with Crippen LogP contribution in [0.1, 0.15) is 41.0 Å². The summed E-state index contributed by atoms with van der Waals surface area (Å²) in [5.74, 6) is 1.17. The van der Waals surface area contributed by atoms with Crippen LogP contribution < -0.4 is 0 Å². The minimum Gasteiger partial charge on any atom is -0.497 e. The van der Waals surface area contributed by atoms with Crippen LogP contribution in [0.15, 0.2) is 71.9 Å². The van der Waals surface area contributed by atoms with Crippen molar-refractivity contribution in [2.24, 2.45) is 5.92 Å². The van der Waals surface area contributed by atoms with Crippen LogP contribution in [-0.2, 0) is 11.2 Å². The minimum absolute atomic E-state index is 0.281. The number of rotatable bonds is 7. The molecule has 0 fully saturated rings. The van der Waals surface area contributed by atoms with Crippen LogP contribution in [0.5, 0.6) is 0 Å². The van der Waals surface area contributed by atoms with Crippen LogP contribution in [0, 0.1) is 12.8 Å². The van der Waals surface area contributed by atoms with Gasteiger partial charge in [-0.25, -0.2) is 0 Å². The second-order valence-corrected chi connectivity index (χ2v) is 8.09. The fourth-order valence-corrected chi connectivity index (χ4v) is 4.21. The van der Waals surface area contributed by atoms with Crippen molar-refractivity contribution in [3.8, 4) is 0 Å². The van der Waals surface area contributed by atoms with Crippen molar-refractivity contribution in [1.29, 1.82) is 0 Å². The van der Waals surface area contributed by atoms with E-state index in [2.05, 4.69) is 99.0 Å². The summed E-state index contributed by atoms with van der Waals surface area (Å²) in [5.41, 5.74) is 6.59. The van der Waals surface area contributed by atoms with E-state index < -0.39 is 0 Å². The maximum Gasteiger partial charge on any atom is 0.115 e. The lowest BCUT2D eigenvalue weighted by Gasteiger charge is -2.05. The molecule has 1 unspecified atom stereocenters. The SMILES string of the molecule is C/C=C\c1c(/C=C/C(C)/C=C(/C=C/C2=CCc3ccccc32)OC)csc1C. The van der Waals surface area contributed by atoms with Gasteiger partial charge in [-0.3, -0.25) is 0 Å². The molecule has 0 N–H and O–H groups in total. The zero-order chi connectivity index (χ0) is 19.9. The summed E-state index contributed by atoms with van der Waals surface area (Å²) in [7, 11) is 1.73. The third-order valence-corrected chi connectivity index (χ3v) is 5.87. The largest absolute Gasteiger partial charge is 0.497 e. The predicted molar refractivity (Wildman–Crippen MR) is 124 cm³/mol. The second-order valence-electron chi connectivity index (χ2n) is 7.01. The zero-order valence-electron chi connectivity index (χ0n) is 17.1. The Morgan fingerprint density at radius 1 is 1.18 bits per heavy atom. The van der Waals surface area contributed by atoms with Gasteiger partial charge in [0.05, 0.1) is 7.11 Å². The fourth-order valence-electron chi connectivity index (χ4n) is 3.39. The molecule has 2 aromatic rings. The van der Waals surface area contributed by atoms with Crippen LogP contribution in [0.25, 0.3) is 17.7 Å². The first-order valence-corrected chi connectivity index (χ1v) is 10.6. The van der Waals surface area contributed by atoms with Crippen molar-refractivity contribution in [1.82, 2.24) is 0 Å². The molecule has 0 bridgehead atoms. The van der Waals surface area contributed by atoms with Gasteiger partial charge in [-0.15, -0.1) is 11.3 Å². The van der Waals surface area contributed by atoms with Gasteiger partial charge in [0.15, 0.2) is 0 Å². The summed E-state index contributed by atoms with van der Waals surface area (Å²) in [6.45, 7) is 6.41. The number of ether oxygens (including phenoxy) is 1. The van der Waals surface area contributed by atoms with E-state index in [1.54, 1.807) is 18.4 Å². The number of fused-ring (bicyclic) bond motifs is 1. The highest BCUT2D eigenvalue weighted by Crippen LogP contribution is 2.28. The Bertz CT molecular complexity index is 966. The molecule has 0 aliphatic heterocycles. The highest BCUT2D eigenvalue weighted by Gasteiger charge is 2.10. The van der Waals surface area contributed by atoms with E-state index in [0.29, 0.717) is 0 Å². The van der Waals surface area contributed by atoms with Crippen LogP contribution in [0.2, 0.25) is 0 Å². The summed E-state index contributed by atoms with van der Waals surface area (Å²) in [4.78, 5) is 1.35. The van der Waals surface area contributed by atoms with Crippen molar-refractivity contribution >= 4 is 29.1 Å². The Morgan fingerprint density at radius 3 is 2.79 bits per heavy atom. The van der Waals surface area contributed by atoms with Gasteiger partial charge in [-0.1, -0.05) is 67.6 Å². The lowest BCUT2D eigenvalue weighted by molar-refractivity contribution is 0.304. The highest BCUT2D eigenvalue weighted by atomic mass is 32.1. The number of benzene rings is 1. The molecule has 1 heterocycles. The van der Waals surface area contributed by atoms with Gasteiger partial charge in [0.25, 0.3) is 0 Å². The van der Waals surface area contributed by atoms with E-state index in [4.69, 9.17) is 4.74 Å². The van der Waals surface area contributed by atoms with Crippen molar-refractivity contribution in [2.45, 2.75) is 27.2 Å². The predicted octanol–water partition coefficient (Wildman–Crippen LogP) is 7.47. The molecule has 2 heteroatoms. The Balaban J connectivity index is 1.71. The van der Waals surface area contributed by atoms with E-state index >= 15 is 0 Å². The third kappa shape index (κ3) is 4.82. The Morgan fingerprint density at radius 2 is 2.00 bits per heavy atom. The van der Waals surface area contributed by atoms with E-state index in [0.717, 1.165) is 12.2 Å². The maximum atomic E-state index is 5.59. The van der Waals surface area contributed by atoms with Crippen molar-refractivity contribution in [3.63, 3.8) is 0 Å². The van der Waals surface area contributed by atoms with Crippen molar-refractivity contribution in [2.75, 3.05) is 7.11 Å². The summed E-state index contributed by atoms with van der Waals surface area (Å²) in [5, 5.41) is 2.22. The van der Waals surface area contributed by atoms with Gasteiger partial charge in [-0.05, 0) is 71.5 Å². The van der Waals surface area contributed by atoms with Gasteiger partial charge >= 0.3 is 0 Å². The van der Waals surface area contributed by atoms with Crippen molar-refractivity contribution < 1.29 is 4.74 Å².